The van der Waals surface area contributed by atoms with Gasteiger partial charge in [0.1, 0.15) is 0 Å². The van der Waals surface area contributed by atoms with Crippen LogP contribution in [0.4, 0.5) is 0 Å². The van der Waals surface area contributed by atoms with Crippen LogP contribution < -0.4 is 5.32 Å². The normalized spacial score (nSPS) is 11.1. The number of hydrogen-bond donors (Lipinski definition) is 1. The maximum Gasteiger partial charge on any atom is 0.251 e. The zero-order valence-corrected chi connectivity index (χ0v) is 15.5. The monoisotopic (exact) mass is 329 g/mol. The van der Waals surface area contributed by atoms with Gasteiger partial charge in [0.25, 0.3) is 5.95 Å². The summed E-state index contributed by atoms with van der Waals surface area (Å²) < 4.78 is 1.73. The van der Waals surface area contributed by atoms with Crippen molar-refractivity contribution in [2.75, 3.05) is 0 Å². The molecule has 2 aromatic heterocycles. The van der Waals surface area contributed by atoms with Crippen molar-refractivity contribution >= 4 is 5.91 Å². The lowest BCUT2D eigenvalue weighted by molar-refractivity contribution is -0.121. The molecule has 2 aromatic rings. The first kappa shape index (κ1) is 18.1. The minimum Gasteiger partial charge on any atom is -0.353 e. The van der Waals surface area contributed by atoms with Crippen molar-refractivity contribution in [2.45, 2.75) is 66.8 Å². The fourth-order valence-electron chi connectivity index (χ4n) is 2.86. The van der Waals surface area contributed by atoms with Crippen LogP contribution in [0.25, 0.3) is 5.95 Å². The van der Waals surface area contributed by atoms with Gasteiger partial charge in [-0.15, -0.1) is 0 Å². The molecule has 0 saturated carbocycles. The molecule has 24 heavy (non-hydrogen) atoms. The zero-order valence-electron chi connectivity index (χ0n) is 15.5. The van der Waals surface area contributed by atoms with Gasteiger partial charge in [-0.3, -0.25) is 4.79 Å². The Hall–Kier alpha value is -2.24. The number of rotatable bonds is 6. The Labute approximate surface area is 143 Å². The van der Waals surface area contributed by atoms with Gasteiger partial charge < -0.3 is 5.32 Å². The van der Waals surface area contributed by atoms with E-state index in [2.05, 4.69) is 34.2 Å². The highest BCUT2D eigenvalue weighted by Crippen LogP contribution is 2.17. The molecule has 2 rings (SSSR count). The van der Waals surface area contributed by atoms with E-state index in [9.17, 15) is 4.79 Å². The summed E-state index contributed by atoms with van der Waals surface area (Å²) in [6.45, 7) is 11.9. The van der Waals surface area contributed by atoms with Crippen molar-refractivity contribution in [3.05, 3.63) is 34.4 Å². The zero-order chi connectivity index (χ0) is 17.9. The standard InChI is InChI=1S/C18H27N5O/c1-7-15(8-2)21-17(24)10-16-13(5)22-23(14(16)6)18-19-11(3)9-12(4)20-18/h9,15H,7-8,10H2,1-6H3,(H,21,24). The summed E-state index contributed by atoms with van der Waals surface area (Å²) in [5.41, 5.74) is 4.50. The fraction of sp³-hybridized carbons (Fsp3) is 0.556. The van der Waals surface area contributed by atoms with E-state index in [0.29, 0.717) is 12.4 Å². The lowest BCUT2D eigenvalue weighted by Gasteiger charge is -2.14. The van der Waals surface area contributed by atoms with E-state index in [-0.39, 0.29) is 11.9 Å². The third-order valence-electron chi connectivity index (χ3n) is 4.29. The van der Waals surface area contributed by atoms with Crippen molar-refractivity contribution in [1.29, 1.82) is 0 Å². The van der Waals surface area contributed by atoms with E-state index in [4.69, 9.17) is 0 Å². The molecular formula is C18H27N5O. The van der Waals surface area contributed by atoms with Gasteiger partial charge >= 0.3 is 0 Å². The summed E-state index contributed by atoms with van der Waals surface area (Å²) in [7, 11) is 0. The van der Waals surface area contributed by atoms with Gasteiger partial charge in [0.2, 0.25) is 5.91 Å². The number of carbonyl (C=O) groups excluding carboxylic acids is 1. The van der Waals surface area contributed by atoms with E-state index in [0.717, 1.165) is 41.2 Å². The Kier molecular flexibility index (Phi) is 5.70. The van der Waals surface area contributed by atoms with Gasteiger partial charge in [0, 0.05) is 28.7 Å². The first-order chi connectivity index (χ1) is 11.3. The Balaban J connectivity index is 2.27. The molecule has 0 unspecified atom stereocenters. The van der Waals surface area contributed by atoms with Crippen molar-refractivity contribution in [3.8, 4) is 5.95 Å². The molecule has 6 nitrogen and oxygen atoms in total. The number of nitrogens with zero attached hydrogens (tertiary/aromatic N) is 4. The molecule has 0 aliphatic heterocycles. The second-order valence-corrected chi connectivity index (χ2v) is 6.27. The molecule has 0 aliphatic carbocycles. The molecular weight excluding hydrogens is 302 g/mol. The molecule has 0 saturated heterocycles. The average Bonchev–Trinajstić information content (AvgIpc) is 2.79. The van der Waals surface area contributed by atoms with Crippen molar-refractivity contribution in [1.82, 2.24) is 25.1 Å². The van der Waals surface area contributed by atoms with E-state index < -0.39 is 0 Å². The van der Waals surface area contributed by atoms with E-state index >= 15 is 0 Å². The molecule has 0 spiro atoms. The van der Waals surface area contributed by atoms with Gasteiger partial charge in [-0.1, -0.05) is 13.8 Å². The highest BCUT2D eigenvalue weighted by molar-refractivity contribution is 5.79. The Bertz CT molecular complexity index is 711. The summed E-state index contributed by atoms with van der Waals surface area (Å²) in [6, 6.07) is 2.16. The van der Waals surface area contributed by atoms with Crippen LogP contribution >= 0.6 is 0 Å². The minimum atomic E-state index is 0.0378. The Morgan fingerprint density at radius 2 is 1.71 bits per heavy atom. The summed E-state index contributed by atoms with van der Waals surface area (Å²) in [6.07, 6.45) is 2.21. The highest BCUT2D eigenvalue weighted by Gasteiger charge is 2.18. The number of amides is 1. The number of aromatic nitrogens is 4. The predicted octanol–water partition coefficient (Wildman–Crippen LogP) is 2.74. The van der Waals surface area contributed by atoms with Gasteiger partial charge in [0.05, 0.1) is 12.1 Å². The van der Waals surface area contributed by atoms with Gasteiger partial charge in [-0.05, 0) is 46.6 Å². The van der Waals surface area contributed by atoms with Crippen LogP contribution in [0.2, 0.25) is 0 Å². The van der Waals surface area contributed by atoms with Crippen LogP contribution in [-0.2, 0) is 11.2 Å². The average molecular weight is 329 g/mol. The van der Waals surface area contributed by atoms with Crippen molar-refractivity contribution < 1.29 is 4.79 Å². The van der Waals surface area contributed by atoms with E-state index in [1.165, 1.54) is 0 Å². The number of aryl methyl sites for hydroxylation is 3. The van der Waals surface area contributed by atoms with Crippen LogP contribution in [0.15, 0.2) is 6.07 Å². The Morgan fingerprint density at radius 3 is 2.25 bits per heavy atom. The third-order valence-corrected chi connectivity index (χ3v) is 4.29. The van der Waals surface area contributed by atoms with Gasteiger partial charge in [0.15, 0.2) is 0 Å². The summed E-state index contributed by atoms with van der Waals surface area (Å²) in [4.78, 5) is 21.2. The summed E-state index contributed by atoms with van der Waals surface area (Å²) >= 11 is 0. The third kappa shape index (κ3) is 3.99. The lowest BCUT2D eigenvalue weighted by Crippen LogP contribution is -2.35. The molecule has 1 N–H and O–H groups in total. The molecule has 130 valence electrons. The first-order valence-corrected chi connectivity index (χ1v) is 8.52. The maximum absolute atomic E-state index is 12.3. The second-order valence-electron chi connectivity index (χ2n) is 6.27. The maximum atomic E-state index is 12.3. The van der Waals surface area contributed by atoms with Crippen LogP contribution in [-0.4, -0.2) is 31.7 Å². The largest absolute Gasteiger partial charge is 0.353 e. The molecule has 0 radical (unpaired) electrons. The summed E-state index contributed by atoms with van der Waals surface area (Å²) in [5, 5.41) is 7.63. The lowest BCUT2D eigenvalue weighted by atomic mass is 10.1. The second kappa shape index (κ2) is 7.55. The van der Waals surface area contributed by atoms with Crippen molar-refractivity contribution in [3.63, 3.8) is 0 Å². The number of hydrogen-bond acceptors (Lipinski definition) is 4. The topological polar surface area (TPSA) is 72.7 Å². The van der Waals surface area contributed by atoms with Crippen LogP contribution in [0.3, 0.4) is 0 Å². The van der Waals surface area contributed by atoms with Crippen molar-refractivity contribution in [2.24, 2.45) is 0 Å². The molecule has 0 bridgehead atoms. The first-order valence-electron chi connectivity index (χ1n) is 8.52. The molecule has 6 heteroatoms. The molecule has 1 amide bonds. The van der Waals surface area contributed by atoms with Crippen LogP contribution in [0.5, 0.6) is 0 Å². The molecule has 0 aromatic carbocycles. The minimum absolute atomic E-state index is 0.0378. The van der Waals surface area contributed by atoms with E-state index in [1.54, 1.807) is 4.68 Å². The molecule has 0 atom stereocenters. The fourth-order valence-corrected chi connectivity index (χ4v) is 2.86. The highest BCUT2D eigenvalue weighted by atomic mass is 16.1. The molecule has 0 aliphatic rings. The van der Waals surface area contributed by atoms with E-state index in [1.807, 2.05) is 33.8 Å². The van der Waals surface area contributed by atoms with Crippen LogP contribution in [0.1, 0.15) is 55.0 Å². The Morgan fingerprint density at radius 1 is 1.12 bits per heavy atom. The van der Waals surface area contributed by atoms with Gasteiger partial charge in [-0.2, -0.15) is 5.10 Å². The quantitative estimate of drug-likeness (QED) is 0.884. The number of carbonyl (C=O) groups is 1. The van der Waals surface area contributed by atoms with Crippen LogP contribution in [0, 0.1) is 27.7 Å². The molecule has 0 fully saturated rings. The smallest absolute Gasteiger partial charge is 0.251 e. The van der Waals surface area contributed by atoms with Gasteiger partial charge in [-0.25, -0.2) is 14.6 Å². The SMILES string of the molecule is CCC(CC)NC(=O)Cc1c(C)nn(-c2nc(C)cc(C)n2)c1C. The summed E-state index contributed by atoms with van der Waals surface area (Å²) in [5.74, 6) is 0.593. The number of nitrogens with one attached hydrogen (secondary N) is 1. The molecule has 2 heterocycles. The predicted molar refractivity (Wildman–Crippen MR) is 94.3 cm³/mol.